The number of nitrogens with one attached hydrogen (secondary N) is 1. The van der Waals surface area contributed by atoms with E-state index in [-0.39, 0.29) is 5.92 Å². The molecule has 5 nitrogen and oxygen atoms in total. The van der Waals surface area contributed by atoms with Gasteiger partial charge in [0.05, 0.1) is 11.8 Å². The molecule has 104 valence electrons. The van der Waals surface area contributed by atoms with Crippen LogP contribution in [-0.4, -0.2) is 29.8 Å². The third kappa shape index (κ3) is 1.98. The molecule has 1 aromatic heterocycles. The molecule has 2 aliphatic rings. The Bertz CT molecular complexity index is 605. The van der Waals surface area contributed by atoms with E-state index in [4.69, 9.17) is 9.26 Å². The van der Waals surface area contributed by atoms with Crippen molar-refractivity contribution in [1.29, 1.82) is 0 Å². The Labute approximate surface area is 117 Å². The van der Waals surface area contributed by atoms with Crippen LogP contribution in [0.1, 0.15) is 42.0 Å². The predicted octanol–water partition coefficient (Wildman–Crippen LogP) is 2.06. The summed E-state index contributed by atoms with van der Waals surface area (Å²) in [7, 11) is 0. The van der Waals surface area contributed by atoms with Crippen LogP contribution in [0.15, 0.2) is 28.8 Å². The molecule has 4 rings (SSSR count). The summed E-state index contributed by atoms with van der Waals surface area (Å²) in [4.78, 5) is 4.62. The van der Waals surface area contributed by atoms with Gasteiger partial charge in [-0.05, 0) is 25.5 Å². The molecule has 0 saturated carbocycles. The number of benzene rings is 1. The van der Waals surface area contributed by atoms with E-state index in [2.05, 4.69) is 21.5 Å². The summed E-state index contributed by atoms with van der Waals surface area (Å²) in [5, 5.41) is 7.55. The largest absolute Gasteiger partial charge is 0.492 e. The lowest BCUT2D eigenvalue weighted by Gasteiger charge is -2.18. The van der Waals surface area contributed by atoms with Gasteiger partial charge in [0.15, 0.2) is 5.82 Å². The van der Waals surface area contributed by atoms with Crippen molar-refractivity contribution >= 4 is 0 Å². The van der Waals surface area contributed by atoms with E-state index in [1.165, 1.54) is 0 Å². The van der Waals surface area contributed by atoms with Gasteiger partial charge in [0.25, 0.3) is 0 Å². The number of ether oxygens (including phenoxy) is 1. The fraction of sp³-hybridized carbons (Fsp3) is 0.467. The molecule has 2 aromatic rings. The Morgan fingerprint density at radius 3 is 3.10 bits per heavy atom. The van der Waals surface area contributed by atoms with Gasteiger partial charge in [0.1, 0.15) is 12.4 Å². The predicted molar refractivity (Wildman–Crippen MR) is 72.9 cm³/mol. The summed E-state index contributed by atoms with van der Waals surface area (Å²) in [6.45, 7) is 2.61. The Balaban J connectivity index is 1.59. The quantitative estimate of drug-likeness (QED) is 0.906. The number of nitrogens with zero attached hydrogens (tertiary/aromatic N) is 2. The van der Waals surface area contributed by atoms with Crippen molar-refractivity contribution in [3.05, 3.63) is 41.5 Å². The Hall–Kier alpha value is -1.88. The summed E-state index contributed by atoms with van der Waals surface area (Å²) >= 11 is 0. The topological polar surface area (TPSA) is 60.2 Å². The molecule has 20 heavy (non-hydrogen) atoms. The second-order valence-corrected chi connectivity index (χ2v) is 5.44. The summed E-state index contributed by atoms with van der Waals surface area (Å²) in [5.74, 6) is 2.89. The number of para-hydroxylation sites is 1. The van der Waals surface area contributed by atoms with Crippen molar-refractivity contribution in [3.63, 3.8) is 0 Å². The lowest BCUT2D eigenvalue weighted by atomic mass is 9.99. The highest BCUT2D eigenvalue weighted by Gasteiger charge is 2.30. The van der Waals surface area contributed by atoms with Gasteiger partial charge in [-0.1, -0.05) is 23.4 Å². The van der Waals surface area contributed by atoms with Crippen LogP contribution in [0.3, 0.4) is 0 Å². The van der Waals surface area contributed by atoms with E-state index < -0.39 is 0 Å². The van der Waals surface area contributed by atoms with E-state index in [1.807, 2.05) is 18.2 Å². The van der Waals surface area contributed by atoms with E-state index in [0.717, 1.165) is 49.0 Å². The van der Waals surface area contributed by atoms with Gasteiger partial charge in [-0.25, -0.2) is 0 Å². The minimum absolute atomic E-state index is 0.0975. The highest BCUT2D eigenvalue weighted by Crippen LogP contribution is 2.37. The van der Waals surface area contributed by atoms with Crippen LogP contribution in [0, 0.1) is 0 Å². The summed E-state index contributed by atoms with van der Waals surface area (Å²) < 4.78 is 11.2. The van der Waals surface area contributed by atoms with Crippen LogP contribution in [-0.2, 0) is 0 Å². The van der Waals surface area contributed by atoms with E-state index in [1.54, 1.807) is 0 Å². The first kappa shape index (κ1) is 11.9. The average Bonchev–Trinajstić information content (AvgIpc) is 3.14. The SMILES string of the molecule is c1ccc2c(c1)OCC2c1noc([C@H]2CCCNC2)n1. The van der Waals surface area contributed by atoms with Gasteiger partial charge in [-0.3, -0.25) is 0 Å². The van der Waals surface area contributed by atoms with E-state index in [0.29, 0.717) is 12.5 Å². The van der Waals surface area contributed by atoms with Crippen molar-refractivity contribution in [2.75, 3.05) is 19.7 Å². The molecular formula is C15H17N3O2. The van der Waals surface area contributed by atoms with Crippen LogP contribution in [0.25, 0.3) is 0 Å². The Kier molecular flexibility index (Phi) is 2.92. The fourth-order valence-corrected chi connectivity index (χ4v) is 2.99. The van der Waals surface area contributed by atoms with E-state index >= 15 is 0 Å². The zero-order valence-corrected chi connectivity index (χ0v) is 11.2. The maximum Gasteiger partial charge on any atom is 0.231 e. The molecule has 0 spiro atoms. The van der Waals surface area contributed by atoms with Crippen LogP contribution in [0.5, 0.6) is 5.75 Å². The molecule has 0 aliphatic carbocycles. The molecular weight excluding hydrogens is 254 g/mol. The third-order valence-electron chi connectivity index (χ3n) is 4.12. The van der Waals surface area contributed by atoms with Gasteiger partial charge >= 0.3 is 0 Å². The van der Waals surface area contributed by atoms with Crippen molar-refractivity contribution in [3.8, 4) is 5.75 Å². The van der Waals surface area contributed by atoms with Crippen molar-refractivity contribution in [1.82, 2.24) is 15.5 Å². The molecule has 1 fully saturated rings. The van der Waals surface area contributed by atoms with Crippen LogP contribution < -0.4 is 10.1 Å². The van der Waals surface area contributed by atoms with Crippen LogP contribution >= 0.6 is 0 Å². The fourth-order valence-electron chi connectivity index (χ4n) is 2.99. The summed E-state index contributed by atoms with van der Waals surface area (Å²) in [6.07, 6.45) is 2.28. The molecule has 0 bridgehead atoms. The van der Waals surface area contributed by atoms with Gasteiger partial charge in [-0.15, -0.1) is 0 Å². The molecule has 1 N–H and O–H groups in total. The number of fused-ring (bicyclic) bond motifs is 1. The molecule has 1 unspecified atom stereocenters. The van der Waals surface area contributed by atoms with Crippen molar-refractivity contribution in [2.24, 2.45) is 0 Å². The molecule has 2 aliphatic heterocycles. The van der Waals surface area contributed by atoms with Gasteiger partial charge in [-0.2, -0.15) is 4.98 Å². The van der Waals surface area contributed by atoms with Crippen LogP contribution in [0.2, 0.25) is 0 Å². The zero-order valence-electron chi connectivity index (χ0n) is 11.2. The van der Waals surface area contributed by atoms with Crippen LogP contribution in [0.4, 0.5) is 0 Å². The monoisotopic (exact) mass is 271 g/mol. The normalized spacial score (nSPS) is 25.2. The van der Waals surface area contributed by atoms with Gasteiger partial charge < -0.3 is 14.6 Å². The average molecular weight is 271 g/mol. The molecule has 0 amide bonds. The number of aromatic nitrogens is 2. The molecule has 1 saturated heterocycles. The standard InChI is InChI=1S/C15H17N3O2/c1-2-6-13-11(5-1)12(9-19-13)14-17-15(20-18-14)10-4-3-7-16-8-10/h1-2,5-6,10,12,16H,3-4,7-9H2/t10-,12?/m0/s1. The Morgan fingerprint density at radius 1 is 1.25 bits per heavy atom. The Morgan fingerprint density at radius 2 is 2.20 bits per heavy atom. The number of rotatable bonds is 2. The highest BCUT2D eigenvalue weighted by atomic mass is 16.5. The number of hydrogen-bond donors (Lipinski definition) is 1. The molecule has 1 aromatic carbocycles. The minimum atomic E-state index is 0.0975. The molecule has 0 radical (unpaired) electrons. The van der Waals surface area contributed by atoms with Gasteiger partial charge in [0, 0.05) is 12.1 Å². The summed E-state index contributed by atoms with van der Waals surface area (Å²) in [5.41, 5.74) is 1.15. The van der Waals surface area contributed by atoms with Crippen molar-refractivity contribution < 1.29 is 9.26 Å². The first-order chi connectivity index (χ1) is 9.92. The number of piperidine rings is 1. The first-order valence-electron chi connectivity index (χ1n) is 7.18. The number of hydrogen-bond acceptors (Lipinski definition) is 5. The van der Waals surface area contributed by atoms with Gasteiger partial charge in [0.2, 0.25) is 5.89 Å². The maximum atomic E-state index is 5.69. The minimum Gasteiger partial charge on any atom is -0.492 e. The lowest BCUT2D eigenvalue weighted by molar-refractivity contribution is 0.313. The van der Waals surface area contributed by atoms with E-state index in [9.17, 15) is 0 Å². The molecule has 5 heteroatoms. The second-order valence-electron chi connectivity index (χ2n) is 5.44. The maximum absolute atomic E-state index is 5.69. The summed E-state index contributed by atoms with van der Waals surface area (Å²) in [6, 6.07) is 8.07. The third-order valence-corrected chi connectivity index (χ3v) is 4.12. The second kappa shape index (κ2) is 4.90. The smallest absolute Gasteiger partial charge is 0.231 e. The molecule has 2 atom stereocenters. The first-order valence-corrected chi connectivity index (χ1v) is 7.18. The lowest BCUT2D eigenvalue weighted by Crippen LogP contribution is -2.28. The van der Waals surface area contributed by atoms with Crippen molar-refractivity contribution in [2.45, 2.75) is 24.7 Å². The molecule has 3 heterocycles. The highest BCUT2D eigenvalue weighted by molar-refractivity contribution is 5.42. The zero-order chi connectivity index (χ0) is 13.4.